The highest BCUT2D eigenvalue weighted by Crippen LogP contribution is 2.27. The summed E-state index contributed by atoms with van der Waals surface area (Å²) in [5.41, 5.74) is 2.02. The van der Waals surface area contributed by atoms with Gasteiger partial charge in [-0.05, 0) is 48.5 Å². The van der Waals surface area contributed by atoms with E-state index in [-0.39, 0.29) is 34.4 Å². The van der Waals surface area contributed by atoms with Gasteiger partial charge in [0.15, 0.2) is 6.61 Å². The number of Topliss-reactive ketones (excluding diaryl/α,β-unsaturated/α-hetero) is 1. The third-order valence-corrected chi connectivity index (χ3v) is 7.20. The molecule has 8 nitrogen and oxygen atoms in total. The molecule has 2 aliphatic rings. The molecule has 0 N–H and O–H groups in total. The maximum absolute atomic E-state index is 13.2. The van der Waals surface area contributed by atoms with E-state index in [4.69, 9.17) is 16.3 Å². The minimum atomic E-state index is -0.690. The fourth-order valence-corrected chi connectivity index (χ4v) is 5.07. The Balaban J connectivity index is 1.18. The van der Waals surface area contributed by atoms with Crippen LogP contribution < -0.4 is 9.80 Å². The van der Waals surface area contributed by atoms with Gasteiger partial charge in [-0.2, -0.15) is 0 Å². The zero-order valence-corrected chi connectivity index (χ0v) is 21.3. The number of ether oxygens (including phenoxy) is 1. The van der Waals surface area contributed by atoms with Gasteiger partial charge in [0.25, 0.3) is 5.91 Å². The Hall–Kier alpha value is -4.01. The van der Waals surface area contributed by atoms with Crippen molar-refractivity contribution in [3.8, 4) is 0 Å². The van der Waals surface area contributed by atoms with Crippen molar-refractivity contribution in [2.24, 2.45) is 0 Å². The van der Waals surface area contributed by atoms with Crippen molar-refractivity contribution in [3.05, 3.63) is 95.0 Å². The number of hydrogen-bond acceptors (Lipinski definition) is 7. The van der Waals surface area contributed by atoms with E-state index in [9.17, 15) is 19.2 Å². The number of ketones is 1. The fourth-order valence-electron chi connectivity index (χ4n) is 4.83. The maximum atomic E-state index is 13.2. The molecule has 5 rings (SSSR count). The van der Waals surface area contributed by atoms with E-state index in [2.05, 4.69) is 21.9 Å². The lowest BCUT2D eigenvalue weighted by molar-refractivity contribution is -0.123. The molecule has 0 saturated carbocycles. The highest BCUT2D eigenvalue weighted by atomic mass is 35.5. The zero-order valence-electron chi connectivity index (χ0n) is 20.6. The van der Waals surface area contributed by atoms with Gasteiger partial charge >= 0.3 is 5.97 Å². The lowest BCUT2D eigenvalue weighted by Crippen LogP contribution is -2.52. The largest absolute Gasteiger partial charge is 0.454 e. The number of carbonyl (C=O) groups is 4. The molecule has 3 aromatic carbocycles. The fraction of sp³-hybridized carbons (Fsp3) is 0.241. The number of para-hydroxylation sites is 1. The number of anilines is 2. The van der Waals surface area contributed by atoms with Crippen molar-refractivity contribution in [1.82, 2.24) is 4.90 Å². The van der Waals surface area contributed by atoms with Crippen molar-refractivity contribution in [1.29, 1.82) is 0 Å². The summed E-state index contributed by atoms with van der Waals surface area (Å²) in [6.45, 7) is 2.47. The van der Waals surface area contributed by atoms with E-state index in [1.807, 2.05) is 18.2 Å². The normalized spacial score (nSPS) is 18.1. The molecule has 3 aromatic rings. The van der Waals surface area contributed by atoms with Gasteiger partial charge in [-0.25, -0.2) is 9.69 Å². The van der Waals surface area contributed by atoms with Gasteiger partial charge in [-0.3, -0.25) is 19.3 Å². The third-order valence-electron chi connectivity index (χ3n) is 6.87. The van der Waals surface area contributed by atoms with Crippen LogP contribution in [0.4, 0.5) is 11.4 Å². The van der Waals surface area contributed by atoms with E-state index in [0.717, 1.165) is 18.8 Å². The van der Waals surface area contributed by atoms with Crippen LogP contribution in [-0.4, -0.2) is 67.3 Å². The van der Waals surface area contributed by atoms with Crippen LogP contribution in [-0.2, 0) is 14.3 Å². The highest BCUT2D eigenvalue weighted by molar-refractivity contribution is 6.34. The van der Waals surface area contributed by atoms with Crippen LogP contribution >= 0.6 is 11.6 Å². The molecule has 0 aliphatic carbocycles. The smallest absolute Gasteiger partial charge is 0.338 e. The number of rotatable bonds is 7. The van der Waals surface area contributed by atoms with Gasteiger partial charge in [0.2, 0.25) is 11.7 Å². The standard InChI is InChI=1S/C29H26ClN3O5/c30-24-9-5-4-8-23(24)26(34)19-38-29(37)20-10-12-22(13-11-20)33-27(35)18-25(28(33)36)32-16-14-31(15-17-32)21-6-2-1-3-7-21/h1-13,25H,14-19H2. The molecule has 2 saturated heterocycles. The number of nitrogens with zero attached hydrogens (tertiary/aromatic N) is 3. The second-order valence-corrected chi connectivity index (χ2v) is 9.58. The molecule has 2 aliphatic heterocycles. The van der Waals surface area contributed by atoms with Crippen LogP contribution in [0, 0.1) is 0 Å². The number of benzene rings is 3. The molecular weight excluding hydrogens is 506 g/mol. The highest BCUT2D eigenvalue weighted by Gasteiger charge is 2.43. The first-order valence-electron chi connectivity index (χ1n) is 12.4. The van der Waals surface area contributed by atoms with Crippen molar-refractivity contribution in [3.63, 3.8) is 0 Å². The van der Waals surface area contributed by atoms with Crippen LogP contribution in [0.5, 0.6) is 0 Å². The predicted octanol–water partition coefficient (Wildman–Crippen LogP) is 3.83. The quantitative estimate of drug-likeness (QED) is 0.260. The SMILES string of the molecule is O=C(OCC(=O)c1ccccc1Cl)c1ccc(N2C(=O)CC(N3CCN(c4ccccc4)CC3)C2=O)cc1. The Kier molecular flexibility index (Phi) is 7.53. The second kappa shape index (κ2) is 11.2. The molecule has 2 fully saturated rings. The van der Waals surface area contributed by atoms with Crippen LogP contribution in [0.25, 0.3) is 0 Å². The predicted molar refractivity (Wildman–Crippen MR) is 144 cm³/mol. The van der Waals surface area contributed by atoms with Gasteiger partial charge in [-0.1, -0.05) is 41.9 Å². The molecule has 9 heteroatoms. The minimum absolute atomic E-state index is 0.123. The summed E-state index contributed by atoms with van der Waals surface area (Å²) < 4.78 is 5.14. The lowest BCUT2D eigenvalue weighted by atomic mass is 10.1. The van der Waals surface area contributed by atoms with E-state index < -0.39 is 24.4 Å². The van der Waals surface area contributed by atoms with Crippen LogP contribution in [0.2, 0.25) is 5.02 Å². The number of hydrogen-bond donors (Lipinski definition) is 0. The molecule has 0 radical (unpaired) electrons. The molecule has 0 bridgehead atoms. The van der Waals surface area contributed by atoms with E-state index >= 15 is 0 Å². The van der Waals surface area contributed by atoms with Gasteiger partial charge in [0.1, 0.15) is 0 Å². The molecule has 194 valence electrons. The molecule has 2 heterocycles. The second-order valence-electron chi connectivity index (χ2n) is 9.17. The van der Waals surface area contributed by atoms with Crippen molar-refractivity contribution in [2.45, 2.75) is 12.5 Å². The molecule has 2 amide bonds. The Morgan fingerprint density at radius 2 is 1.47 bits per heavy atom. The first kappa shape index (κ1) is 25.6. The monoisotopic (exact) mass is 531 g/mol. The Labute approximate surface area is 225 Å². The van der Waals surface area contributed by atoms with Crippen molar-refractivity contribution in [2.75, 3.05) is 42.6 Å². The molecule has 1 unspecified atom stereocenters. The number of halogens is 1. The molecule has 0 aromatic heterocycles. The zero-order chi connectivity index (χ0) is 26.6. The first-order valence-corrected chi connectivity index (χ1v) is 12.8. The summed E-state index contributed by atoms with van der Waals surface area (Å²) in [6, 6.07) is 22.2. The average Bonchev–Trinajstić information content (AvgIpc) is 3.25. The Morgan fingerprint density at radius 3 is 2.16 bits per heavy atom. The first-order chi connectivity index (χ1) is 18.4. The summed E-state index contributed by atoms with van der Waals surface area (Å²) in [5.74, 6) is -1.63. The minimum Gasteiger partial charge on any atom is -0.454 e. The van der Waals surface area contributed by atoms with Crippen molar-refractivity contribution >= 4 is 46.5 Å². The van der Waals surface area contributed by atoms with Gasteiger partial charge in [-0.15, -0.1) is 0 Å². The summed E-state index contributed by atoms with van der Waals surface area (Å²) in [4.78, 5) is 56.3. The number of carbonyl (C=O) groups excluding carboxylic acids is 4. The number of imide groups is 1. The number of amides is 2. The Morgan fingerprint density at radius 1 is 0.816 bits per heavy atom. The van der Waals surface area contributed by atoms with Gasteiger partial charge in [0, 0.05) is 37.4 Å². The third kappa shape index (κ3) is 5.32. The summed E-state index contributed by atoms with van der Waals surface area (Å²) in [7, 11) is 0. The van der Waals surface area contributed by atoms with Gasteiger partial charge in [0.05, 0.1) is 28.7 Å². The summed E-state index contributed by atoms with van der Waals surface area (Å²) >= 11 is 6.02. The van der Waals surface area contributed by atoms with E-state index in [0.29, 0.717) is 18.8 Å². The number of piperazine rings is 1. The van der Waals surface area contributed by atoms with E-state index in [1.54, 1.807) is 24.3 Å². The maximum Gasteiger partial charge on any atom is 0.338 e. The molecule has 1 atom stereocenters. The summed E-state index contributed by atoms with van der Waals surface area (Å²) in [5, 5.41) is 0.286. The molecular formula is C29H26ClN3O5. The summed E-state index contributed by atoms with van der Waals surface area (Å²) in [6.07, 6.45) is 0.123. The average molecular weight is 532 g/mol. The van der Waals surface area contributed by atoms with Crippen LogP contribution in [0.1, 0.15) is 27.1 Å². The van der Waals surface area contributed by atoms with Gasteiger partial charge < -0.3 is 9.64 Å². The van der Waals surface area contributed by atoms with Crippen LogP contribution in [0.15, 0.2) is 78.9 Å². The van der Waals surface area contributed by atoms with Crippen molar-refractivity contribution < 1.29 is 23.9 Å². The Bertz CT molecular complexity index is 1350. The molecule has 38 heavy (non-hydrogen) atoms. The number of esters is 1. The van der Waals surface area contributed by atoms with E-state index in [1.165, 1.54) is 29.2 Å². The lowest BCUT2D eigenvalue weighted by Gasteiger charge is -2.38. The molecule has 0 spiro atoms. The topological polar surface area (TPSA) is 87.2 Å². The van der Waals surface area contributed by atoms with Crippen LogP contribution in [0.3, 0.4) is 0 Å².